The minimum Gasteiger partial charge on any atom is -0.496 e. The quantitative estimate of drug-likeness (QED) is 0.791. The zero-order chi connectivity index (χ0) is 12.7. The zero-order valence-corrected chi connectivity index (χ0v) is 11.2. The molecule has 1 unspecified atom stereocenters. The molecule has 1 N–H and O–H groups in total. The summed E-state index contributed by atoms with van der Waals surface area (Å²) < 4.78 is 11.1. The Labute approximate surface area is 104 Å². The average molecular weight is 237 g/mol. The van der Waals surface area contributed by atoms with Crippen molar-refractivity contribution in [1.82, 2.24) is 5.32 Å². The summed E-state index contributed by atoms with van der Waals surface area (Å²) in [6, 6.07) is 6.21. The number of ether oxygens (including phenoxy) is 2. The van der Waals surface area contributed by atoms with Crippen molar-refractivity contribution in [2.24, 2.45) is 0 Å². The van der Waals surface area contributed by atoms with Crippen molar-refractivity contribution in [3.63, 3.8) is 0 Å². The average Bonchev–Trinajstić information content (AvgIpc) is 2.36. The van der Waals surface area contributed by atoms with Crippen LogP contribution >= 0.6 is 0 Å². The minimum atomic E-state index is 0.285. The van der Waals surface area contributed by atoms with Gasteiger partial charge in [-0.1, -0.05) is 13.0 Å². The lowest BCUT2D eigenvalue weighted by molar-refractivity contribution is 0.0497. The molecule has 0 aromatic heterocycles. The van der Waals surface area contributed by atoms with Crippen LogP contribution in [-0.4, -0.2) is 20.3 Å². The van der Waals surface area contributed by atoms with E-state index in [1.165, 1.54) is 5.56 Å². The molecule has 0 aliphatic heterocycles. The van der Waals surface area contributed by atoms with Crippen molar-refractivity contribution in [2.45, 2.75) is 39.5 Å². The molecule has 0 fully saturated rings. The van der Waals surface area contributed by atoms with Gasteiger partial charge in [-0.3, -0.25) is 0 Å². The molecule has 0 aliphatic rings. The molecule has 0 spiro atoms. The van der Waals surface area contributed by atoms with Crippen LogP contribution in [0.2, 0.25) is 0 Å². The van der Waals surface area contributed by atoms with Gasteiger partial charge in [-0.2, -0.15) is 0 Å². The van der Waals surface area contributed by atoms with E-state index in [0.29, 0.717) is 6.61 Å². The van der Waals surface area contributed by atoms with E-state index in [1.807, 2.05) is 13.1 Å². The third-order valence-corrected chi connectivity index (χ3v) is 2.82. The lowest BCUT2D eigenvalue weighted by atomic mass is 10.1. The lowest BCUT2D eigenvalue weighted by Crippen LogP contribution is -2.09. The topological polar surface area (TPSA) is 30.5 Å². The molecule has 0 saturated heterocycles. The fraction of sp³-hybridized carbons (Fsp3) is 0.571. The summed E-state index contributed by atoms with van der Waals surface area (Å²) in [6.07, 6.45) is 1.31. The Hall–Kier alpha value is -1.06. The highest BCUT2D eigenvalue weighted by Crippen LogP contribution is 2.21. The SMILES string of the molecule is CCC(C)OCc1cc(CNC)ccc1OC. The van der Waals surface area contributed by atoms with Crippen LogP contribution in [0.1, 0.15) is 31.4 Å². The summed E-state index contributed by atoms with van der Waals surface area (Å²) in [4.78, 5) is 0. The van der Waals surface area contributed by atoms with E-state index in [-0.39, 0.29) is 6.10 Å². The first-order valence-corrected chi connectivity index (χ1v) is 6.13. The predicted molar refractivity (Wildman–Crippen MR) is 70.3 cm³/mol. The van der Waals surface area contributed by atoms with Crippen LogP contribution in [-0.2, 0) is 17.9 Å². The Morgan fingerprint density at radius 3 is 2.71 bits per heavy atom. The van der Waals surface area contributed by atoms with Gasteiger partial charge in [-0.25, -0.2) is 0 Å². The molecule has 1 aromatic carbocycles. The van der Waals surface area contributed by atoms with Gasteiger partial charge in [0.25, 0.3) is 0 Å². The maximum absolute atomic E-state index is 5.75. The van der Waals surface area contributed by atoms with E-state index in [0.717, 1.165) is 24.3 Å². The summed E-state index contributed by atoms with van der Waals surface area (Å²) in [5.74, 6) is 0.896. The molecular formula is C14H23NO2. The standard InChI is InChI=1S/C14H23NO2/c1-5-11(2)17-10-13-8-12(9-15-3)6-7-14(13)16-4/h6-8,11,15H,5,9-10H2,1-4H3. The fourth-order valence-corrected chi connectivity index (χ4v) is 1.61. The Bertz CT molecular complexity index is 339. The molecule has 96 valence electrons. The number of benzene rings is 1. The lowest BCUT2D eigenvalue weighted by Gasteiger charge is -2.14. The molecule has 1 rings (SSSR count). The van der Waals surface area contributed by atoms with Crippen LogP contribution in [0.15, 0.2) is 18.2 Å². The van der Waals surface area contributed by atoms with Crippen molar-refractivity contribution in [2.75, 3.05) is 14.2 Å². The van der Waals surface area contributed by atoms with Gasteiger partial charge < -0.3 is 14.8 Å². The monoisotopic (exact) mass is 237 g/mol. The first-order valence-electron chi connectivity index (χ1n) is 6.13. The van der Waals surface area contributed by atoms with Gasteiger partial charge in [-0.15, -0.1) is 0 Å². The van der Waals surface area contributed by atoms with Crippen molar-refractivity contribution in [1.29, 1.82) is 0 Å². The van der Waals surface area contributed by atoms with Gasteiger partial charge in [0.2, 0.25) is 0 Å². The van der Waals surface area contributed by atoms with Crippen molar-refractivity contribution in [3.8, 4) is 5.75 Å². The molecule has 1 aromatic rings. The number of hydrogen-bond donors (Lipinski definition) is 1. The van der Waals surface area contributed by atoms with Crippen LogP contribution in [0, 0.1) is 0 Å². The van der Waals surface area contributed by atoms with Crippen molar-refractivity contribution in [3.05, 3.63) is 29.3 Å². The maximum Gasteiger partial charge on any atom is 0.124 e. The minimum absolute atomic E-state index is 0.285. The van der Waals surface area contributed by atoms with E-state index < -0.39 is 0 Å². The molecule has 0 saturated carbocycles. The maximum atomic E-state index is 5.75. The first-order chi connectivity index (χ1) is 8.21. The van der Waals surface area contributed by atoms with Gasteiger partial charge >= 0.3 is 0 Å². The largest absolute Gasteiger partial charge is 0.496 e. The van der Waals surface area contributed by atoms with Crippen LogP contribution in [0.4, 0.5) is 0 Å². The summed E-state index contributed by atoms with van der Waals surface area (Å²) in [7, 11) is 3.64. The van der Waals surface area contributed by atoms with E-state index in [9.17, 15) is 0 Å². The molecule has 0 amide bonds. The van der Waals surface area contributed by atoms with Crippen LogP contribution in [0.5, 0.6) is 5.75 Å². The number of methoxy groups -OCH3 is 1. The Morgan fingerprint density at radius 1 is 1.35 bits per heavy atom. The fourth-order valence-electron chi connectivity index (χ4n) is 1.61. The van der Waals surface area contributed by atoms with Crippen molar-refractivity contribution >= 4 is 0 Å². The number of hydrogen-bond acceptors (Lipinski definition) is 3. The Kier molecular flexibility index (Phi) is 6.01. The molecule has 0 heterocycles. The second-order valence-corrected chi connectivity index (χ2v) is 4.21. The van der Waals surface area contributed by atoms with E-state index >= 15 is 0 Å². The second kappa shape index (κ2) is 7.30. The molecule has 0 aliphatic carbocycles. The number of nitrogens with one attached hydrogen (secondary N) is 1. The number of rotatable bonds is 7. The molecular weight excluding hydrogens is 214 g/mol. The first kappa shape index (κ1) is 14.0. The van der Waals surface area contributed by atoms with Crippen LogP contribution in [0.25, 0.3) is 0 Å². The van der Waals surface area contributed by atoms with Gasteiger partial charge in [0.05, 0.1) is 19.8 Å². The summed E-state index contributed by atoms with van der Waals surface area (Å²) in [6.45, 7) is 5.68. The van der Waals surface area contributed by atoms with E-state index in [4.69, 9.17) is 9.47 Å². The van der Waals surface area contributed by atoms with Gasteiger partial charge in [0, 0.05) is 12.1 Å². The summed E-state index contributed by atoms with van der Waals surface area (Å²) in [5.41, 5.74) is 2.36. The smallest absolute Gasteiger partial charge is 0.124 e. The molecule has 17 heavy (non-hydrogen) atoms. The summed E-state index contributed by atoms with van der Waals surface area (Å²) in [5, 5.41) is 3.14. The van der Waals surface area contributed by atoms with Crippen molar-refractivity contribution < 1.29 is 9.47 Å². The summed E-state index contributed by atoms with van der Waals surface area (Å²) >= 11 is 0. The van der Waals surface area contributed by atoms with Crippen LogP contribution < -0.4 is 10.1 Å². The van der Waals surface area contributed by atoms with Gasteiger partial charge in [0.15, 0.2) is 0 Å². The van der Waals surface area contributed by atoms with Crippen LogP contribution in [0.3, 0.4) is 0 Å². The molecule has 0 bridgehead atoms. The normalized spacial score (nSPS) is 12.5. The highest BCUT2D eigenvalue weighted by molar-refractivity contribution is 5.36. The third-order valence-electron chi connectivity index (χ3n) is 2.82. The van der Waals surface area contributed by atoms with Gasteiger partial charge in [0.1, 0.15) is 5.75 Å². The zero-order valence-electron chi connectivity index (χ0n) is 11.2. The van der Waals surface area contributed by atoms with E-state index in [1.54, 1.807) is 7.11 Å². The third kappa shape index (κ3) is 4.36. The highest BCUT2D eigenvalue weighted by Gasteiger charge is 2.06. The Morgan fingerprint density at radius 2 is 2.12 bits per heavy atom. The molecule has 3 heteroatoms. The predicted octanol–water partition coefficient (Wildman–Crippen LogP) is 2.73. The molecule has 0 radical (unpaired) electrons. The van der Waals surface area contributed by atoms with E-state index in [2.05, 4.69) is 31.3 Å². The molecule has 1 atom stereocenters. The highest BCUT2D eigenvalue weighted by atomic mass is 16.5. The molecule has 3 nitrogen and oxygen atoms in total. The van der Waals surface area contributed by atoms with Gasteiger partial charge in [-0.05, 0) is 38.1 Å². The Balaban J connectivity index is 2.75. The second-order valence-electron chi connectivity index (χ2n) is 4.21.